The molecule has 0 saturated heterocycles. The molecule has 0 bridgehead atoms. The number of aryl methyl sites for hydroxylation is 2. The van der Waals surface area contributed by atoms with Crippen LogP contribution < -0.4 is 11.3 Å². The molecule has 0 saturated carbocycles. The van der Waals surface area contributed by atoms with E-state index in [4.69, 9.17) is 5.84 Å². The molecule has 0 aliphatic carbocycles. The molecule has 1 atom stereocenters. The van der Waals surface area contributed by atoms with Crippen molar-refractivity contribution in [2.75, 3.05) is 0 Å². The molecule has 0 radical (unpaired) electrons. The predicted molar refractivity (Wildman–Crippen MR) is 82.4 cm³/mol. The summed E-state index contributed by atoms with van der Waals surface area (Å²) >= 11 is 0. The highest BCUT2D eigenvalue weighted by Crippen LogP contribution is 2.29. The largest absolute Gasteiger partial charge is 0.271 e. The predicted octanol–water partition coefficient (Wildman–Crippen LogP) is 2.19. The molecule has 1 aromatic carbocycles. The standard InChI is InChI=1S/C16H17N5/c1-10-8-14(11(2)21-20-10)16(19-17)13-5-3-4-12-6-7-18-9-15(12)13/h3-9,16,19H,17H2,1-2H3. The molecule has 5 heteroatoms. The summed E-state index contributed by atoms with van der Waals surface area (Å²) in [7, 11) is 0. The average molecular weight is 279 g/mol. The Morgan fingerprint density at radius 3 is 2.76 bits per heavy atom. The van der Waals surface area contributed by atoms with Gasteiger partial charge in [-0.3, -0.25) is 10.8 Å². The summed E-state index contributed by atoms with van der Waals surface area (Å²) < 4.78 is 0. The van der Waals surface area contributed by atoms with Gasteiger partial charge in [0.05, 0.1) is 17.4 Å². The molecule has 106 valence electrons. The van der Waals surface area contributed by atoms with Gasteiger partial charge in [0.25, 0.3) is 0 Å². The van der Waals surface area contributed by atoms with Gasteiger partial charge in [0.2, 0.25) is 0 Å². The Balaban J connectivity index is 2.21. The minimum absolute atomic E-state index is 0.146. The average Bonchev–Trinajstić information content (AvgIpc) is 2.51. The molecule has 1 unspecified atom stereocenters. The van der Waals surface area contributed by atoms with E-state index in [1.165, 1.54) is 0 Å². The van der Waals surface area contributed by atoms with Crippen molar-refractivity contribution in [3.8, 4) is 0 Å². The number of hydrazine groups is 1. The van der Waals surface area contributed by atoms with Crippen molar-refractivity contribution in [1.29, 1.82) is 0 Å². The van der Waals surface area contributed by atoms with Crippen LogP contribution >= 0.6 is 0 Å². The number of nitrogens with zero attached hydrogens (tertiary/aromatic N) is 3. The lowest BCUT2D eigenvalue weighted by molar-refractivity contribution is 0.629. The fourth-order valence-electron chi connectivity index (χ4n) is 2.60. The Bertz CT molecular complexity index is 779. The molecular weight excluding hydrogens is 262 g/mol. The number of hydrogen-bond acceptors (Lipinski definition) is 5. The fraction of sp³-hybridized carbons (Fsp3) is 0.188. The highest BCUT2D eigenvalue weighted by Gasteiger charge is 2.18. The zero-order valence-corrected chi connectivity index (χ0v) is 12.0. The van der Waals surface area contributed by atoms with Gasteiger partial charge in [-0.15, -0.1) is 0 Å². The molecule has 0 aliphatic rings. The maximum atomic E-state index is 5.83. The normalized spacial score (nSPS) is 12.5. The highest BCUT2D eigenvalue weighted by atomic mass is 15.2. The van der Waals surface area contributed by atoms with Crippen molar-refractivity contribution in [3.63, 3.8) is 0 Å². The second kappa shape index (κ2) is 5.55. The number of pyridine rings is 1. The van der Waals surface area contributed by atoms with Crippen LogP contribution in [0.15, 0.2) is 42.7 Å². The van der Waals surface area contributed by atoms with Gasteiger partial charge in [-0.05, 0) is 42.5 Å². The molecule has 3 aromatic rings. The third-order valence-corrected chi connectivity index (χ3v) is 3.65. The number of nitrogens with one attached hydrogen (secondary N) is 1. The Morgan fingerprint density at radius 2 is 1.95 bits per heavy atom. The van der Waals surface area contributed by atoms with Gasteiger partial charge >= 0.3 is 0 Å². The number of nitrogens with two attached hydrogens (primary N) is 1. The van der Waals surface area contributed by atoms with Crippen LogP contribution in [0.4, 0.5) is 0 Å². The van der Waals surface area contributed by atoms with Gasteiger partial charge in [0.15, 0.2) is 0 Å². The smallest absolute Gasteiger partial charge is 0.0735 e. The Kier molecular flexibility index (Phi) is 3.60. The van der Waals surface area contributed by atoms with Gasteiger partial charge in [0.1, 0.15) is 0 Å². The molecule has 0 aliphatic heterocycles. The van der Waals surface area contributed by atoms with Crippen molar-refractivity contribution < 1.29 is 0 Å². The Hall–Kier alpha value is -2.37. The van der Waals surface area contributed by atoms with Crippen molar-refractivity contribution in [3.05, 3.63) is 65.2 Å². The highest BCUT2D eigenvalue weighted by molar-refractivity contribution is 5.85. The molecule has 2 aromatic heterocycles. The zero-order chi connectivity index (χ0) is 14.8. The second-order valence-electron chi connectivity index (χ2n) is 5.07. The number of rotatable bonds is 3. The van der Waals surface area contributed by atoms with Gasteiger partial charge in [-0.1, -0.05) is 18.2 Å². The van der Waals surface area contributed by atoms with Crippen LogP contribution in [-0.4, -0.2) is 15.2 Å². The fourth-order valence-corrected chi connectivity index (χ4v) is 2.60. The number of hydrogen-bond donors (Lipinski definition) is 2. The second-order valence-corrected chi connectivity index (χ2v) is 5.07. The van der Waals surface area contributed by atoms with Crippen LogP contribution in [0, 0.1) is 13.8 Å². The first-order valence-corrected chi connectivity index (χ1v) is 6.80. The van der Waals surface area contributed by atoms with Gasteiger partial charge in [0, 0.05) is 17.8 Å². The topological polar surface area (TPSA) is 76.7 Å². The molecular formula is C16H17N5. The van der Waals surface area contributed by atoms with Crippen molar-refractivity contribution >= 4 is 10.8 Å². The van der Waals surface area contributed by atoms with E-state index < -0.39 is 0 Å². The van der Waals surface area contributed by atoms with E-state index in [2.05, 4.69) is 32.7 Å². The van der Waals surface area contributed by atoms with E-state index in [1.807, 2.05) is 38.2 Å². The van der Waals surface area contributed by atoms with E-state index in [9.17, 15) is 0 Å². The molecule has 3 N–H and O–H groups in total. The van der Waals surface area contributed by atoms with E-state index in [0.29, 0.717) is 0 Å². The zero-order valence-electron chi connectivity index (χ0n) is 12.0. The first-order chi connectivity index (χ1) is 10.2. The molecule has 3 rings (SSSR count). The summed E-state index contributed by atoms with van der Waals surface area (Å²) in [4.78, 5) is 4.23. The Labute approximate surface area is 123 Å². The quantitative estimate of drug-likeness (QED) is 0.567. The lowest BCUT2D eigenvalue weighted by Gasteiger charge is -2.20. The minimum atomic E-state index is -0.146. The van der Waals surface area contributed by atoms with E-state index in [1.54, 1.807) is 6.20 Å². The first kappa shape index (κ1) is 13.6. The van der Waals surface area contributed by atoms with Gasteiger partial charge in [-0.2, -0.15) is 10.2 Å². The maximum Gasteiger partial charge on any atom is 0.0735 e. The van der Waals surface area contributed by atoms with Crippen molar-refractivity contribution in [1.82, 2.24) is 20.6 Å². The number of benzene rings is 1. The van der Waals surface area contributed by atoms with Crippen molar-refractivity contribution in [2.45, 2.75) is 19.9 Å². The summed E-state index contributed by atoms with van der Waals surface area (Å²) in [5.41, 5.74) is 6.75. The third kappa shape index (κ3) is 2.49. The monoisotopic (exact) mass is 279 g/mol. The van der Waals surface area contributed by atoms with Gasteiger partial charge in [-0.25, -0.2) is 5.43 Å². The van der Waals surface area contributed by atoms with Gasteiger partial charge < -0.3 is 0 Å². The minimum Gasteiger partial charge on any atom is -0.271 e. The molecule has 2 heterocycles. The SMILES string of the molecule is Cc1cc(C(NN)c2cccc3ccncc23)c(C)nn1. The third-order valence-electron chi connectivity index (χ3n) is 3.65. The first-order valence-electron chi connectivity index (χ1n) is 6.80. The summed E-state index contributed by atoms with van der Waals surface area (Å²) in [6.07, 6.45) is 3.66. The summed E-state index contributed by atoms with van der Waals surface area (Å²) in [5, 5.41) is 10.5. The van der Waals surface area contributed by atoms with Crippen LogP contribution in [0.5, 0.6) is 0 Å². The molecule has 0 spiro atoms. The molecule has 5 nitrogen and oxygen atoms in total. The summed E-state index contributed by atoms with van der Waals surface area (Å²) in [6.45, 7) is 3.86. The molecule has 21 heavy (non-hydrogen) atoms. The molecule has 0 fully saturated rings. The van der Waals surface area contributed by atoms with Crippen LogP contribution in [0.2, 0.25) is 0 Å². The van der Waals surface area contributed by atoms with E-state index >= 15 is 0 Å². The lowest BCUT2D eigenvalue weighted by Crippen LogP contribution is -2.30. The summed E-state index contributed by atoms with van der Waals surface area (Å²) in [5.74, 6) is 5.83. The Morgan fingerprint density at radius 1 is 1.10 bits per heavy atom. The van der Waals surface area contributed by atoms with Crippen LogP contribution in [0.25, 0.3) is 10.8 Å². The van der Waals surface area contributed by atoms with Crippen molar-refractivity contribution in [2.24, 2.45) is 5.84 Å². The van der Waals surface area contributed by atoms with Crippen LogP contribution in [-0.2, 0) is 0 Å². The van der Waals surface area contributed by atoms with Crippen LogP contribution in [0.1, 0.15) is 28.6 Å². The molecule has 0 amide bonds. The number of fused-ring (bicyclic) bond motifs is 1. The maximum absolute atomic E-state index is 5.83. The van der Waals surface area contributed by atoms with E-state index in [-0.39, 0.29) is 6.04 Å². The lowest BCUT2D eigenvalue weighted by atomic mass is 9.94. The van der Waals surface area contributed by atoms with E-state index in [0.717, 1.165) is 33.3 Å². The summed E-state index contributed by atoms with van der Waals surface area (Å²) in [6, 6.07) is 10.0. The number of aromatic nitrogens is 3. The van der Waals surface area contributed by atoms with Crippen LogP contribution in [0.3, 0.4) is 0 Å².